The van der Waals surface area contributed by atoms with Crippen LogP contribution in [0.1, 0.15) is 17.0 Å². The fraction of sp³-hybridized carbons (Fsp3) is 0.400. The van der Waals surface area contributed by atoms with Crippen molar-refractivity contribution in [1.82, 2.24) is 0 Å². The molecule has 5 heteroatoms. The van der Waals surface area contributed by atoms with Gasteiger partial charge in [-0.05, 0) is 11.1 Å². The molecular weight excluding hydrogens is 236 g/mol. The molecule has 0 atom stereocenters. The van der Waals surface area contributed by atoms with Crippen LogP contribution in [0.3, 0.4) is 0 Å². The molecule has 2 rings (SSSR count). The van der Waals surface area contributed by atoms with Gasteiger partial charge in [-0.3, -0.25) is 0 Å². The minimum atomic E-state index is -3.49. The Hall–Kier alpha value is -0.580. The summed E-state index contributed by atoms with van der Waals surface area (Å²) >= 11 is 0. The van der Waals surface area contributed by atoms with Crippen molar-refractivity contribution in [2.75, 3.05) is 13.2 Å². The quantitative estimate of drug-likeness (QED) is 0.765. The van der Waals surface area contributed by atoms with E-state index in [9.17, 15) is 8.42 Å². The third-order valence-corrected chi connectivity index (χ3v) is 3.44. The second-order valence-electron chi connectivity index (χ2n) is 3.62. The van der Waals surface area contributed by atoms with E-state index in [1.54, 1.807) is 6.07 Å². The third-order valence-electron chi connectivity index (χ3n) is 2.46. The highest BCUT2D eigenvalue weighted by atomic mass is 35.7. The molecule has 1 aromatic rings. The fourth-order valence-electron chi connectivity index (χ4n) is 1.66. The van der Waals surface area contributed by atoms with Crippen LogP contribution in [-0.2, 0) is 19.5 Å². The van der Waals surface area contributed by atoms with Crippen LogP contribution in [-0.4, -0.2) is 21.6 Å². The van der Waals surface area contributed by atoms with E-state index in [0.29, 0.717) is 19.1 Å². The summed E-state index contributed by atoms with van der Waals surface area (Å²) < 4.78 is 27.1. The van der Waals surface area contributed by atoms with Crippen molar-refractivity contribution in [3.63, 3.8) is 0 Å². The maximum Gasteiger partial charge on any atom is 0.236 e. The summed E-state index contributed by atoms with van der Waals surface area (Å²) in [5.74, 6) is 0.209. The normalized spacial score (nSPS) is 17.4. The molecular formula is C10H11ClO3S. The summed E-state index contributed by atoms with van der Waals surface area (Å²) in [6.07, 6.45) is 0. The molecule has 0 aliphatic carbocycles. The summed E-state index contributed by atoms with van der Waals surface area (Å²) in [6.45, 7) is 1.33. The van der Waals surface area contributed by atoms with Crippen molar-refractivity contribution in [3.05, 3.63) is 35.4 Å². The van der Waals surface area contributed by atoms with Gasteiger partial charge >= 0.3 is 0 Å². The van der Waals surface area contributed by atoms with E-state index < -0.39 is 9.05 Å². The molecule has 0 bridgehead atoms. The van der Waals surface area contributed by atoms with Gasteiger partial charge in [-0.15, -0.1) is 0 Å². The van der Waals surface area contributed by atoms with E-state index in [2.05, 4.69) is 0 Å². The number of ether oxygens (including phenoxy) is 1. The lowest BCUT2D eigenvalue weighted by Gasteiger charge is -2.28. The van der Waals surface area contributed by atoms with E-state index in [-0.39, 0.29) is 5.75 Å². The molecule has 1 aliphatic rings. The molecule has 0 amide bonds. The standard InChI is InChI=1S/C10H11ClO3S/c11-15(12,13)7-8-3-1-2-4-10(8)9-5-14-6-9/h1-4,9H,5-7H2. The molecule has 82 valence electrons. The Balaban J connectivity index is 2.29. The van der Waals surface area contributed by atoms with Crippen LogP contribution in [0.5, 0.6) is 0 Å². The predicted octanol–water partition coefficient (Wildman–Crippen LogP) is 1.87. The number of halogens is 1. The summed E-state index contributed by atoms with van der Waals surface area (Å²) in [7, 11) is 1.76. The Morgan fingerprint density at radius 2 is 2.00 bits per heavy atom. The lowest BCUT2D eigenvalue weighted by Crippen LogP contribution is -2.26. The monoisotopic (exact) mass is 246 g/mol. The van der Waals surface area contributed by atoms with Crippen LogP contribution in [0.2, 0.25) is 0 Å². The molecule has 0 spiro atoms. The molecule has 0 unspecified atom stereocenters. The average Bonchev–Trinajstić information content (AvgIpc) is 2.02. The zero-order chi connectivity index (χ0) is 10.9. The fourth-order valence-corrected chi connectivity index (χ4v) is 2.65. The second-order valence-corrected chi connectivity index (χ2v) is 6.39. The SMILES string of the molecule is O=S(=O)(Cl)Cc1ccccc1C1COC1. The average molecular weight is 247 g/mol. The Bertz CT molecular complexity index is 451. The molecule has 15 heavy (non-hydrogen) atoms. The molecule has 1 aromatic carbocycles. The van der Waals surface area contributed by atoms with Crippen LogP contribution in [0.25, 0.3) is 0 Å². The van der Waals surface area contributed by atoms with Gasteiger partial charge in [-0.2, -0.15) is 0 Å². The van der Waals surface area contributed by atoms with Gasteiger partial charge in [0.2, 0.25) is 9.05 Å². The lowest BCUT2D eigenvalue weighted by atomic mass is 9.94. The van der Waals surface area contributed by atoms with Crippen molar-refractivity contribution in [1.29, 1.82) is 0 Å². The predicted molar refractivity (Wildman–Crippen MR) is 58.5 cm³/mol. The Labute approximate surface area is 93.4 Å². The van der Waals surface area contributed by atoms with Gasteiger partial charge in [0.05, 0.1) is 19.0 Å². The maximum atomic E-state index is 11.0. The van der Waals surface area contributed by atoms with Crippen LogP contribution in [0.15, 0.2) is 24.3 Å². The largest absolute Gasteiger partial charge is 0.380 e. The Kier molecular flexibility index (Phi) is 3.00. The van der Waals surface area contributed by atoms with Gasteiger partial charge in [0.1, 0.15) is 0 Å². The number of hydrogen-bond acceptors (Lipinski definition) is 3. The van der Waals surface area contributed by atoms with Gasteiger partial charge in [0.25, 0.3) is 0 Å². The topological polar surface area (TPSA) is 43.4 Å². The van der Waals surface area contributed by atoms with Crippen LogP contribution in [0, 0.1) is 0 Å². The maximum absolute atomic E-state index is 11.0. The van der Waals surface area contributed by atoms with Crippen molar-refractivity contribution in [3.8, 4) is 0 Å². The highest BCUT2D eigenvalue weighted by molar-refractivity contribution is 8.13. The number of hydrogen-bond donors (Lipinski definition) is 0. The number of rotatable bonds is 3. The first-order valence-corrected chi connectivity index (χ1v) is 7.12. The highest BCUT2D eigenvalue weighted by Crippen LogP contribution is 2.28. The first-order chi connectivity index (χ1) is 7.06. The summed E-state index contributed by atoms with van der Waals surface area (Å²) in [4.78, 5) is 0. The minimum Gasteiger partial charge on any atom is -0.380 e. The van der Waals surface area contributed by atoms with Gasteiger partial charge in [0, 0.05) is 16.6 Å². The first-order valence-electron chi connectivity index (χ1n) is 4.64. The molecule has 0 N–H and O–H groups in total. The summed E-state index contributed by atoms with van der Waals surface area (Å²) in [5.41, 5.74) is 1.81. The molecule has 0 radical (unpaired) electrons. The van der Waals surface area contributed by atoms with Crippen LogP contribution < -0.4 is 0 Å². The summed E-state index contributed by atoms with van der Waals surface area (Å²) in [5, 5.41) is 0. The lowest BCUT2D eigenvalue weighted by molar-refractivity contribution is 0.00814. The van der Waals surface area contributed by atoms with Gasteiger partial charge in [-0.1, -0.05) is 24.3 Å². The first kappa shape index (κ1) is 10.9. The molecule has 3 nitrogen and oxygen atoms in total. The van der Waals surface area contributed by atoms with Crippen LogP contribution in [0.4, 0.5) is 0 Å². The van der Waals surface area contributed by atoms with Gasteiger partial charge in [0.15, 0.2) is 0 Å². The van der Waals surface area contributed by atoms with E-state index in [1.807, 2.05) is 18.2 Å². The Morgan fingerprint density at radius 3 is 2.53 bits per heavy atom. The Morgan fingerprint density at radius 1 is 1.33 bits per heavy atom. The zero-order valence-electron chi connectivity index (χ0n) is 8.02. The minimum absolute atomic E-state index is 0.110. The molecule has 0 aromatic heterocycles. The molecule has 0 saturated carbocycles. The third kappa shape index (κ3) is 2.71. The van der Waals surface area contributed by atoms with Crippen molar-refractivity contribution in [2.24, 2.45) is 0 Å². The second kappa shape index (κ2) is 4.12. The van der Waals surface area contributed by atoms with E-state index in [1.165, 1.54) is 0 Å². The van der Waals surface area contributed by atoms with Crippen molar-refractivity contribution < 1.29 is 13.2 Å². The van der Waals surface area contributed by atoms with Crippen molar-refractivity contribution in [2.45, 2.75) is 11.7 Å². The summed E-state index contributed by atoms with van der Waals surface area (Å²) in [6, 6.07) is 7.45. The van der Waals surface area contributed by atoms with E-state index in [4.69, 9.17) is 15.4 Å². The molecule has 1 aliphatic heterocycles. The van der Waals surface area contributed by atoms with Crippen molar-refractivity contribution >= 4 is 19.7 Å². The van der Waals surface area contributed by atoms with Crippen LogP contribution >= 0.6 is 10.7 Å². The highest BCUT2D eigenvalue weighted by Gasteiger charge is 2.24. The zero-order valence-corrected chi connectivity index (χ0v) is 9.59. The smallest absolute Gasteiger partial charge is 0.236 e. The van der Waals surface area contributed by atoms with E-state index >= 15 is 0 Å². The van der Waals surface area contributed by atoms with E-state index in [0.717, 1.165) is 11.1 Å². The molecule has 1 saturated heterocycles. The van der Waals surface area contributed by atoms with Gasteiger partial charge < -0.3 is 4.74 Å². The molecule has 1 heterocycles. The molecule has 1 fully saturated rings. The number of benzene rings is 1. The van der Waals surface area contributed by atoms with Gasteiger partial charge in [-0.25, -0.2) is 8.42 Å².